The predicted molar refractivity (Wildman–Crippen MR) is 117 cm³/mol. The first-order valence-corrected chi connectivity index (χ1v) is 9.26. The largest absolute Gasteiger partial charge is 0.502 e. The molecule has 0 unspecified atom stereocenters. The average Bonchev–Trinajstić information content (AvgIpc) is 3.35. The van der Waals surface area contributed by atoms with Crippen molar-refractivity contribution in [3.8, 4) is 28.6 Å². The minimum atomic E-state index is -2.68. The van der Waals surface area contributed by atoms with Gasteiger partial charge in [-0.15, -0.1) is 0 Å². The molecule has 6 nitrogen and oxygen atoms in total. The summed E-state index contributed by atoms with van der Waals surface area (Å²) < 4.78 is 85.1. The molecule has 2 aromatic carbocycles. The molecule has 1 atom stereocenters. The molecule has 1 aromatic heterocycles. The molecule has 0 amide bonds. The standard InChI is InChI=1S/C24H26N4O2/c1-5-13-26-20-11-10-17-18(20)7-6-8-19(17)23-27-24(30-28-23)16-9-12-22(29-15(2)3)21(14-16)25-4/h6-9,12,14-15,20,26H,5,10-11,13H2,1-3H3/t20-/m0/s1/i5D2,10D2,11D2,13D2,15D. The van der Waals surface area contributed by atoms with Crippen molar-refractivity contribution in [1.82, 2.24) is 15.5 Å². The third kappa shape index (κ3) is 3.94. The van der Waals surface area contributed by atoms with E-state index < -0.39 is 37.7 Å². The van der Waals surface area contributed by atoms with Crippen molar-refractivity contribution in [2.75, 3.05) is 6.50 Å². The van der Waals surface area contributed by atoms with Gasteiger partial charge in [-0.2, -0.15) is 4.98 Å². The zero-order valence-electron chi connectivity index (χ0n) is 25.7. The molecule has 4 rings (SSSR count). The quantitative estimate of drug-likeness (QED) is 0.503. The Morgan fingerprint density at radius 1 is 1.43 bits per heavy atom. The summed E-state index contributed by atoms with van der Waals surface area (Å²) in [6.45, 7) is 8.86. The molecule has 0 spiro atoms. The lowest BCUT2D eigenvalue weighted by Gasteiger charge is -2.13. The van der Waals surface area contributed by atoms with Gasteiger partial charge in [-0.05, 0) is 68.8 Å². The first-order valence-electron chi connectivity index (χ1n) is 13.8. The Labute approximate surface area is 189 Å². The van der Waals surface area contributed by atoms with Gasteiger partial charge < -0.3 is 14.6 Å². The van der Waals surface area contributed by atoms with Crippen molar-refractivity contribution < 1.29 is 21.6 Å². The number of rotatable bonds is 7. The summed E-state index contributed by atoms with van der Waals surface area (Å²) in [5.41, 5.74) is 0.629. The van der Waals surface area contributed by atoms with Gasteiger partial charge in [0, 0.05) is 28.1 Å². The molecule has 0 saturated heterocycles. The summed E-state index contributed by atoms with van der Waals surface area (Å²) >= 11 is 0. The fraction of sp³-hybridized carbons (Fsp3) is 0.375. The van der Waals surface area contributed by atoms with Crippen LogP contribution < -0.4 is 10.1 Å². The van der Waals surface area contributed by atoms with Crippen LogP contribution in [0.4, 0.5) is 5.69 Å². The highest BCUT2D eigenvalue weighted by Crippen LogP contribution is 2.38. The van der Waals surface area contributed by atoms with E-state index in [4.69, 9.17) is 28.2 Å². The monoisotopic (exact) mass is 411 g/mol. The van der Waals surface area contributed by atoms with E-state index >= 15 is 0 Å². The van der Waals surface area contributed by atoms with Crippen molar-refractivity contribution in [1.29, 1.82) is 0 Å². The van der Waals surface area contributed by atoms with Gasteiger partial charge >= 0.3 is 0 Å². The number of aromatic nitrogens is 2. The zero-order chi connectivity index (χ0) is 29.2. The van der Waals surface area contributed by atoms with Crippen LogP contribution in [0.2, 0.25) is 0 Å². The third-order valence-electron chi connectivity index (χ3n) is 4.40. The molecule has 30 heavy (non-hydrogen) atoms. The molecular weight excluding hydrogens is 376 g/mol. The van der Waals surface area contributed by atoms with Gasteiger partial charge in [-0.25, -0.2) is 4.85 Å². The van der Waals surface area contributed by atoms with Crippen LogP contribution in [0.15, 0.2) is 40.9 Å². The molecule has 6 heteroatoms. The number of hydrogen-bond acceptors (Lipinski definition) is 5. The van der Waals surface area contributed by atoms with E-state index in [-0.39, 0.29) is 39.8 Å². The second kappa shape index (κ2) is 8.68. The summed E-state index contributed by atoms with van der Waals surface area (Å²) in [5.74, 6) is 0.170. The lowest BCUT2D eigenvalue weighted by Crippen LogP contribution is -2.19. The van der Waals surface area contributed by atoms with E-state index in [0.29, 0.717) is 5.56 Å². The molecule has 1 N–H and O–H groups in total. The topological polar surface area (TPSA) is 64.5 Å². The van der Waals surface area contributed by atoms with E-state index in [1.165, 1.54) is 44.2 Å². The summed E-state index contributed by atoms with van der Waals surface area (Å²) in [6.07, 6.45) is -8.95. The molecule has 3 aromatic rings. The summed E-state index contributed by atoms with van der Waals surface area (Å²) in [6, 6.07) is 7.49. The fourth-order valence-electron chi connectivity index (χ4n) is 3.11. The van der Waals surface area contributed by atoms with E-state index in [9.17, 15) is 0 Å². The van der Waals surface area contributed by atoms with Gasteiger partial charge in [-0.3, -0.25) is 0 Å². The van der Waals surface area contributed by atoms with Crippen LogP contribution in [-0.4, -0.2) is 22.7 Å². The molecule has 0 bridgehead atoms. The van der Waals surface area contributed by atoms with Gasteiger partial charge in [0.15, 0.2) is 0 Å². The van der Waals surface area contributed by atoms with E-state index in [2.05, 4.69) is 20.3 Å². The normalized spacial score (nSPS) is 24.3. The van der Waals surface area contributed by atoms with E-state index in [1.54, 1.807) is 6.07 Å². The number of nitrogens with one attached hydrogen (secondary N) is 1. The summed E-state index contributed by atoms with van der Waals surface area (Å²) in [7, 11) is 0. The molecule has 0 radical (unpaired) electrons. The average molecular weight is 412 g/mol. The minimum absolute atomic E-state index is 0.0101. The lowest BCUT2D eigenvalue weighted by molar-refractivity contribution is 0.244. The Balaban J connectivity index is 1.77. The van der Waals surface area contributed by atoms with Crippen molar-refractivity contribution in [3.05, 3.63) is 58.9 Å². The van der Waals surface area contributed by atoms with Gasteiger partial charge in [0.2, 0.25) is 11.5 Å². The first-order chi connectivity index (χ1) is 17.8. The Morgan fingerprint density at radius 3 is 3.07 bits per heavy atom. The zero-order valence-corrected chi connectivity index (χ0v) is 16.7. The maximum atomic E-state index is 8.66. The second-order valence-electron chi connectivity index (χ2n) is 6.72. The number of hydrogen-bond donors (Lipinski definition) is 1. The molecule has 1 aliphatic rings. The van der Waals surface area contributed by atoms with Crippen LogP contribution in [0, 0.1) is 6.57 Å². The Morgan fingerprint density at radius 2 is 2.30 bits per heavy atom. The van der Waals surface area contributed by atoms with E-state index in [0.717, 1.165) is 6.92 Å². The summed E-state index contributed by atoms with van der Waals surface area (Å²) in [5, 5.41) is 6.33. The molecular formula is C24H26N4O2. The van der Waals surface area contributed by atoms with Crippen LogP contribution in [0.25, 0.3) is 27.7 Å². The maximum Gasteiger partial charge on any atom is 0.256 e. The molecule has 0 fully saturated rings. The van der Waals surface area contributed by atoms with Crippen molar-refractivity contribution in [3.63, 3.8) is 0 Å². The first kappa shape index (κ1) is 11.9. The van der Waals surface area contributed by atoms with Crippen LogP contribution in [0.3, 0.4) is 0 Å². The highest BCUT2D eigenvalue weighted by Gasteiger charge is 2.26. The lowest BCUT2D eigenvalue weighted by atomic mass is 10.0. The van der Waals surface area contributed by atoms with Crippen LogP contribution in [0.5, 0.6) is 5.75 Å². The Hall–Kier alpha value is -3.17. The van der Waals surface area contributed by atoms with Crippen LogP contribution in [0.1, 0.15) is 63.0 Å². The van der Waals surface area contributed by atoms with Crippen molar-refractivity contribution >= 4 is 5.69 Å². The minimum Gasteiger partial charge on any atom is -0.502 e. The highest BCUT2D eigenvalue weighted by atomic mass is 16.5. The molecule has 0 saturated carbocycles. The number of nitrogens with zero attached hydrogens (tertiary/aromatic N) is 3. The number of benzene rings is 2. The maximum absolute atomic E-state index is 8.66. The molecule has 154 valence electrons. The van der Waals surface area contributed by atoms with Gasteiger partial charge in [-0.1, -0.05) is 30.3 Å². The van der Waals surface area contributed by atoms with Gasteiger partial charge in [0.05, 0.1) is 14.0 Å². The Kier molecular flexibility index (Phi) is 3.44. The molecule has 0 aliphatic heterocycles. The molecule has 1 heterocycles. The number of fused-ring (bicyclic) bond motifs is 1. The van der Waals surface area contributed by atoms with Gasteiger partial charge in [0.25, 0.3) is 5.89 Å². The Bertz CT molecular complexity index is 1450. The fourth-order valence-corrected chi connectivity index (χ4v) is 3.11. The van der Waals surface area contributed by atoms with Crippen molar-refractivity contribution in [2.45, 2.75) is 52.0 Å². The van der Waals surface area contributed by atoms with Gasteiger partial charge in [0.1, 0.15) is 5.75 Å². The second-order valence-corrected chi connectivity index (χ2v) is 6.72. The molecule has 1 aliphatic carbocycles. The van der Waals surface area contributed by atoms with Crippen molar-refractivity contribution in [2.24, 2.45) is 0 Å². The summed E-state index contributed by atoms with van der Waals surface area (Å²) in [4.78, 5) is 7.80. The SMILES string of the molecule is [2H]C(C)(C)Oc1ccc(-c2nc(-c3cccc4c3C([2H])([2H])C([2H])([2H])[C@@H]4NC([2H])([2H])C([2H])([2H])C)no2)cc1[N+]#[C-]. The predicted octanol–water partition coefficient (Wildman–Crippen LogP) is 5.73. The smallest absolute Gasteiger partial charge is 0.256 e. The van der Waals surface area contributed by atoms with Crippen LogP contribution >= 0.6 is 0 Å². The van der Waals surface area contributed by atoms with Crippen LogP contribution in [-0.2, 0) is 6.37 Å². The number of ether oxygens (including phenoxy) is 1. The highest BCUT2D eigenvalue weighted by molar-refractivity contribution is 5.70. The third-order valence-corrected chi connectivity index (χ3v) is 4.40. The van der Waals surface area contributed by atoms with E-state index in [1.807, 2.05) is 0 Å².